The van der Waals surface area contributed by atoms with Crippen molar-refractivity contribution in [1.82, 2.24) is 9.71 Å². The van der Waals surface area contributed by atoms with Crippen LogP contribution < -0.4 is 15.4 Å². The zero-order chi connectivity index (χ0) is 13.4. The molecule has 1 aromatic rings. The third kappa shape index (κ3) is 5.33. The van der Waals surface area contributed by atoms with Crippen molar-refractivity contribution in [1.29, 1.82) is 0 Å². The highest BCUT2D eigenvalue weighted by Crippen LogP contribution is 2.08. The van der Waals surface area contributed by atoms with Gasteiger partial charge in [0.15, 0.2) is 0 Å². The predicted molar refractivity (Wildman–Crippen MR) is 74.4 cm³/mol. The first kappa shape index (κ1) is 14.7. The highest BCUT2D eigenvalue weighted by atomic mass is 32.2. The molecule has 0 saturated carbocycles. The fourth-order valence-corrected chi connectivity index (χ4v) is 2.37. The molecular weight excluding hydrogens is 252 g/mol. The number of sulfonamides is 1. The Balaban J connectivity index is 2.46. The lowest BCUT2D eigenvalue weighted by molar-refractivity contribution is 0.584. The molecule has 0 amide bonds. The van der Waals surface area contributed by atoms with E-state index in [0.29, 0.717) is 18.9 Å². The summed E-state index contributed by atoms with van der Waals surface area (Å²) in [5.41, 5.74) is 0. The fourth-order valence-electron chi connectivity index (χ4n) is 1.42. The quantitative estimate of drug-likeness (QED) is 0.654. The van der Waals surface area contributed by atoms with Crippen LogP contribution in [0.1, 0.15) is 13.8 Å². The molecule has 1 heterocycles. The molecule has 0 saturated heterocycles. The lowest BCUT2D eigenvalue weighted by Gasteiger charge is -2.08. The lowest BCUT2D eigenvalue weighted by atomic mass is 10.4. The van der Waals surface area contributed by atoms with Crippen molar-refractivity contribution < 1.29 is 8.42 Å². The molecule has 6 nitrogen and oxygen atoms in total. The van der Waals surface area contributed by atoms with Crippen molar-refractivity contribution in [2.24, 2.45) is 0 Å². The number of nitrogens with one attached hydrogen (secondary N) is 3. The van der Waals surface area contributed by atoms with E-state index in [-0.39, 0.29) is 5.75 Å². The van der Waals surface area contributed by atoms with Crippen LogP contribution in [-0.4, -0.2) is 38.8 Å². The van der Waals surface area contributed by atoms with Crippen LogP contribution >= 0.6 is 0 Å². The number of anilines is 2. The molecule has 0 bridgehead atoms. The number of rotatable bonds is 8. The van der Waals surface area contributed by atoms with E-state index in [9.17, 15) is 8.42 Å². The van der Waals surface area contributed by atoms with Gasteiger partial charge in [0.1, 0.15) is 11.6 Å². The maximum atomic E-state index is 11.4. The molecule has 0 aliphatic carbocycles. The maximum Gasteiger partial charge on any atom is 0.213 e. The third-order valence-electron chi connectivity index (χ3n) is 2.15. The van der Waals surface area contributed by atoms with E-state index in [1.807, 2.05) is 19.1 Å². The van der Waals surface area contributed by atoms with Gasteiger partial charge in [0, 0.05) is 19.6 Å². The van der Waals surface area contributed by atoms with Crippen LogP contribution in [0.2, 0.25) is 0 Å². The van der Waals surface area contributed by atoms with E-state index in [0.717, 1.165) is 12.4 Å². The highest BCUT2D eigenvalue weighted by Gasteiger charge is 2.07. The summed E-state index contributed by atoms with van der Waals surface area (Å²) in [6.45, 7) is 5.29. The first-order valence-corrected chi connectivity index (χ1v) is 7.64. The second-order valence-corrected chi connectivity index (χ2v) is 5.61. The van der Waals surface area contributed by atoms with E-state index in [4.69, 9.17) is 0 Å². The molecule has 0 fully saturated rings. The minimum absolute atomic E-state index is 0.0357. The molecule has 0 radical (unpaired) electrons. The Morgan fingerprint density at radius 3 is 2.39 bits per heavy atom. The molecule has 0 aliphatic rings. The molecule has 0 aliphatic heterocycles. The van der Waals surface area contributed by atoms with Crippen LogP contribution in [-0.2, 0) is 10.0 Å². The van der Waals surface area contributed by atoms with Gasteiger partial charge >= 0.3 is 0 Å². The molecular formula is C11H20N4O2S. The first-order chi connectivity index (χ1) is 8.57. The average Bonchev–Trinajstić information content (AvgIpc) is 2.29. The van der Waals surface area contributed by atoms with Gasteiger partial charge in [0.2, 0.25) is 10.0 Å². The topological polar surface area (TPSA) is 83.1 Å². The SMILES string of the molecule is CCNc1cccc(NCCS(=O)(=O)NCC)n1. The Kier molecular flexibility index (Phi) is 5.87. The Morgan fingerprint density at radius 2 is 1.78 bits per heavy atom. The van der Waals surface area contributed by atoms with Gasteiger partial charge in [0.25, 0.3) is 0 Å². The molecule has 3 N–H and O–H groups in total. The van der Waals surface area contributed by atoms with Gasteiger partial charge in [-0.25, -0.2) is 18.1 Å². The molecule has 0 aromatic carbocycles. The van der Waals surface area contributed by atoms with Gasteiger partial charge in [-0.05, 0) is 19.1 Å². The Hall–Kier alpha value is -1.34. The molecule has 1 aromatic heterocycles. The molecule has 18 heavy (non-hydrogen) atoms. The Labute approximate surface area is 108 Å². The molecule has 102 valence electrons. The van der Waals surface area contributed by atoms with Gasteiger partial charge in [-0.15, -0.1) is 0 Å². The van der Waals surface area contributed by atoms with Crippen molar-refractivity contribution in [2.45, 2.75) is 13.8 Å². The van der Waals surface area contributed by atoms with Gasteiger partial charge in [-0.1, -0.05) is 13.0 Å². The van der Waals surface area contributed by atoms with Crippen LogP contribution in [0.3, 0.4) is 0 Å². The number of hydrogen-bond acceptors (Lipinski definition) is 5. The highest BCUT2D eigenvalue weighted by molar-refractivity contribution is 7.89. The van der Waals surface area contributed by atoms with Crippen molar-refractivity contribution in [3.8, 4) is 0 Å². The Bertz CT molecular complexity index is 462. The molecule has 0 atom stereocenters. The van der Waals surface area contributed by atoms with Crippen molar-refractivity contribution >= 4 is 21.7 Å². The number of nitrogens with zero attached hydrogens (tertiary/aromatic N) is 1. The second kappa shape index (κ2) is 7.17. The summed E-state index contributed by atoms with van der Waals surface area (Å²) in [7, 11) is -3.18. The smallest absolute Gasteiger partial charge is 0.213 e. The monoisotopic (exact) mass is 272 g/mol. The van der Waals surface area contributed by atoms with E-state index in [2.05, 4.69) is 20.3 Å². The van der Waals surface area contributed by atoms with E-state index >= 15 is 0 Å². The van der Waals surface area contributed by atoms with Crippen LogP contribution in [0.5, 0.6) is 0 Å². The second-order valence-electron chi connectivity index (χ2n) is 3.68. The zero-order valence-corrected chi connectivity index (χ0v) is 11.5. The Morgan fingerprint density at radius 1 is 1.11 bits per heavy atom. The summed E-state index contributed by atoms with van der Waals surface area (Å²) in [4.78, 5) is 4.29. The first-order valence-electron chi connectivity index (χ1n) is 5.99. The summed E-state index contributed by atoms with van der Waals surface area (Å²) in [6.07, 6.45) is 0. The summed E-state index contributed by atoms with van der Waals surface area (Å²) < 4.78 is 25.3. The van der Waals surface area contributed by atoms with Crippen LogP contribution in [0.15, 0.2) is 18.2 Å². The van der Waals surface area contributed by atoms with Crippen LogP contribution in [0.4, 0.5) is 11.6 Å². The van der Waals surface area contributed by atoms with Crippen LogP contribution in [0.25, 0.3) is 0 Å². The lowest BCUT2D eigenvalue weighted by Crippen LogP contribution is -2.29. The van der Waals surface area contributed by atoms with Gasteiger partial charge < -0.3 is 10.6 Å². The number of aromatic nitrogens is 1. The minimum atomic E-state index is -3.18. The van der Waals surface area contributed by atoms with Crippen molar-refractivity contribution in [2.75, 3.05) is 36.0 Å². The van der Waals surface area contributed by atoms with Gasteiger partial charge in [-0.3, -0.25) is 0 Å². The molecule has 7 heteroatoms. The molecule has 0 unspecified atom stereocenters. The standard InChI is InChI=1S/C11H20N4O2S/c1-3-12-10-6-5-7-11(15-10)13-8-9-18(16,17)14-4-2/h5-7,14H,3-4,8-9H2,1-2H3,(H2,12,13,15). The molecule has 1 rings (SSSR count). The van der Waals surface area contributed by atoms with Crippen molar-refractivity contribution in [3.63, 3.8) is 0 Å². The van der Waals surface area contributed by atoms with Crippen molar-refractivity contribution in [3.05, 3.63) is 18.2 Å². The van der Waals surface area contributed by atoms with E-state index < -0.39 is 10.0 Å². The number of pyridine rings is 1. The number of hydrogen-bond donors (Lipinski definition) is 3. The summed E-state index contributed by atoms with van der Waals surface area (Å²) in [5.74, 6) is 1.48. The largest absolute Gasteiger partial charge is 0.370 e. The normalized spacial score (nSPS) is 11.2. The summed E-state index contributed by atoms with van der Waals surface area (Å²) >= 11 is 0. The summed E-state index contributed by atoms with van der Waals surface area (Å²) in [5, 5.41) is 6.08. The van der Waals surface area contributed by atoms with Gasteiger partial charge in [-0.2, -0.15) is 0 Å². The van der Waals surface area contributed by atoms with Crippen LogP contribution in [0, 0.1) is 0 Å². The van der Waals surface area contributed by atoms with E-state index in [1.165, 1.54) is 0 Å². The average molecular weight is 272 g/mol. The van der Waals surface area contributed by atoms with E-state index in [1.54, 1.807) is 13.0 Å². The predicted octanol–water partition coefficient (Wildman–Crippen LogP) is 0.865. The molecule has 0 spiro atoms. The maximum absolute atomic E-state index is 11.4. The third-order valence-corrected chi connectivity index (χ3v) is 3.62. The fraction of sp³-hybridized carbons (Fsp3) is 0.545. The minimum Gasteiger partial charge on any atom is -0.370 e. The zero-order valence-electron chi connectivity index (χ0n) is 10.7. The summed E-state index contributed by atoms with van der Waals surface area (Å²) in [6, 6.07) is 5.54. The van der Waals surface area contributed by atoms with Gasteiger partial charge in [0.05, 0.1) is 5.75 Å².